The van der Waals surface area contributed by atoms with E-state index in [-0.39, 0.29) is 0 Å². The molecule has 0 saturated heterocycles. The van der Waals surface area contributed by atoms with Crippen LogP contribution in [0.3, 0.4) is 0 Å². The second-order valence-electron chi connectivity index (χ2n) is 12.5. The molecule has 8 aromatic carbocycles. The lowest BCUT2D eigenvalue weighted by Crippen LogP contribution is -1.98. The maximum Gasteiger partial charge on any atom is 0.0991 e. The summed E-state index contributed by atoms with van der Waals surface area (Å²) in [6, 6.07) is 60.9. The summed E-state index contributed by atoms with van der Waals surface area (Å²) in [5.41, 5.74) is 10.0. The van der Waals surface area contributed by atoms with Crippen LogP contribution in [0.1, 0.15) is 5.56 Å². The van der Waals surface area contributed by atoms with E-state index in [2.05, 4.69) is 167 Å². The fourth-order valence-electron chi connectivity index (χ4n) is 7.84. The number of fused-ring (bicyclic) bond motifs is 9. The third-order valence-electron chi connectivity index (χ3n) is 9.90. The van der Waals surface area contributed by atoms with Crippen LogP contribution in [0.2, 0.25) is 0 Å². The molecule has 3 nitrogen and oxygen atoms in total. The Morgan fingerprint density at radius 1 is 0.375 bits per heavy atom. The Bertz CT molecular complexity index is 2950. The number of rotatable bonds is 3. The molecule has 2 aromatic heterocycles. The first-order chi connectivity index (χ1) is 23.8. The highest BCUT2D eigenvalue weighted by atomic mass is 15.0. The van der Waals surface area contributed by atoms with Crippen LogP contribution >= 0.6 is 0 Å². The minimum Gasteiger partial charge on any atom is -0.309 e. The summed E-state index contributed by atoms with van der Waals surface area (Å²) < 4.78 is 4.86. The number of benzene rings is 8. The Morgan fingerprint density at radius 3 is 1.60 bits per heavy atom. The van der Waals surface area contributed by atoms with Crippen LogP contribution in [0, 0.1) is 11.3 Å². The van der Waals surface area contributed by atoms with E-state index in [0.29, 0.717) is 5.56 Å². The molecule has 0 fully saturated rings. The van der Waals surface area contributed by atoms with Crippen molar-refractivity contribution in [2.75, 3.05) is 0 Å². The number of hydrogen-bond donors (Lipinski definition) is 0. The first-order valence-corrected chi connectivity index (χ1v) is 16.3. The predicted molar refractivity (Wildman–Crippen MR) is 200 cm³/mol. The van der Waals surface area contributed by atoms with Crippen LogP contribution in [-0.2, 0) is 0 Å². The lowest BCUT2D eigenvalue weighted by molar-refractivity contribution is 1.17. The van der Waals surface area contributed by atoms with Crippen LogP contribution in [0.15, 0.2) is 164 Å². The summed E-state index contributed by atoms with van der Waals surface area (Å²) in [5.74, 6) is 0. The zero-order valence-electron chi connectivity index (χ0n) is 25.9. The zero-order chi connectivity index (χ0) is 31.8. The van der Waals surface area contributed by atoms with Crippen molar-refractivity contribution in [2.24, 2.45) is 0 Å². The second kappa shape index (κ2) is 10.2. The van der Waals surface area contributed by atoms with Crippen molar-refractivity contribution in [1.82, 2.24) is 9.13 Å². The predicted octanol–water partition coefficient (Wildman–Crippen LogP) is 11.7. The number of hydrogen-bond acceptors (Lipinski definition) is 1. The zero-order valence-corrected chi connectivity index (χ0v) is 25.9. The molecule has 222 valence electrons. The third kappa shape index (κ3) is 3.75. The smallest absolute Gasteiger partial charge is 0.0991 e. The number of nitriles is 1. The van der Waals surface area contributed by atoms with Crippen LogP contribution in [0.25, 0.3) is 87.7 Å². The van der Waals surface area contributed by atoms with Gasteiger partial charge >= 0.3 is 0 Å². The normalized spacial score (nSPS) is 11.7. The summed E-state index contributed by atoms with van der Waals surface area (Å²) in [6.07, 6.45) is 0. The highest BCUT2D eigenvalue weighted by molar-refractivity contribution is 6.19. The standard InChI is InChI=1S/C45H27N3/c46-28-29-20-25-34-31(26-29)22-21-30-23-24-33(27-41(30)34)48-43-19-7-5-13-36(43)38-15-9-17-40(45(38)48)39-16-8-14-37-35-12-4-6-18-42(35)47(44(37)39)32-10-2-1-3-11-32/h1-27H. The quantitative estimate of drug-likeness (QED) is 0.183. The molecule has 0 N–H and O–H groups in total. The van der Waals surface area contributed by atoms with Crippen LogP contribution in [0.4, 0.5) is 0 Å². The fraction of sp³-hybridized carbons (Fsp3) is 0. The van der Waals surface area contributed by atoms with Gasteiger partial charge in [0.1, 0.15) is 0 Å². The van der Waals surface area contributed by atoms with E-state index in [0.717, 1.165) is 22.1 Å². The van der Waals surface area contributed by atoms with Gasteiger partial charge in [0, 0.05) is 44.0 Å². The molecular weight excluding hydrogens is 583 g/mol. The average molecular weight is 610 g/mol. The molecule has 0 amide bonds. The largest absolute Gasteiger partial charge is 0.309 e. The molecule has 48 heavy (non-hydrogen) atoms. The maximum atomic E-state index is 9.53. The Morgan fingerprint density at radius 2 is 0.938 bits per heavy atom. The molecule has 10 rings (SSSR count). The molecule has 0 radical (unpaired) electrons. The van der Waals surface area contributed by atoms with Gasteiger partial charge < -0.3 is 9.13 Å². The van der Waals surface area contributed by atoms with Gasteiger partial charge in [0.05, 0.1) is 33.7 Å². The number of nitrogens with zero attached hydrogens (tertiary/aromatic N) is 3. The van der Waals surface area contributed by atoms with Crippen molar-refractivity contribution in [3.8, 4) is 28.6 Å². The molecule has 0 bridgehead atoms. The van der Waals surface area contributed by atoms with Gasteiger partial charge in [-0.2, -0.15) is 5.26 Å². The molecule has 2 heterocycles. The highest BCUT2D eigenvalue weighted by Crippen LogP contribution is 2.43. The van der Waals surface area contributed by atoms with Gasteiger partial charge in [-0.25, -0.2) is 0 Å². The molecule has 0 aliphatic carbocycles. The minimum absolute atomic E-state index is 0.673. The Balaban J connectivity index is 1.33. The Labute approximate surface area is 276 Å². The Hall–Kier alpha value is -6.63. The van der Waals surface area contributed by atoms with Crippen molar-refractivity contribution in [2.45, 2.75) is 0 Å². The van der Waals surface area contributed by atoms with Crippen LogP contribution in [0.5, 0.6) is 0 Å². The SMILES string of the molecule is N#Cc1ccc2c(ccc3ccc(-n4c5ccccc5c5cccc(-c6cccc7c8ccccc8n(-c8ccccc8)c67)c54)cc32)c1. The van der Waals surface area contributed by atoms with E-state index in [4.69, 9.17) is 0 Å². The fourth-order valence-corrected chi connectivity index (χ4v) is 7.84. The summed E-state index contributed by atoms with van der Waals surface area (Å²) in [6.45, 7) is 0. The van der Waals surface area contributed by atoms with Crippen molar-refractivity contribution >= 4 is 65.2 Å². The van der Waals surface area contributed by atoms with Crippen molar-refractivity contribution in [3.63, 3.8) is 0 Å². The van der Waals surface area contributed by atoms with Crippen LogP contribution in [-0.4, -0.2) is 9.13 Å². The molecular formula is C45H27N3. The number of aromatic nitrogens is 2. The first-order valence-electron chi connectivity index (χ1n) is 16.3. The summed E-state index contributed by atoms with van der Waals surface area (Å²) >= 11 is 0. The van der Waals surface area contributed by atoms with E-state index in [9.17, 15) is 5.26 Å². The molecule has 10 aromatic rings. The Kier molecular flexibility index (Phi) is 5.64. The topological polar surface area (TPSA) is 33.6 Å². The lowest BCUT2D eigenvalue weighted by Gasteiger charge is -2.15. The molecule has 3 heteroatoms. The van der Waals surface area contributed by atoms with Gasteiger partial charge in [-0.1, -0.05) is 115 Å². The van der Waals surface area contributed by atoms with E-state index in [1.54, 1.807) is 0 Å². The summed E-state index contributed by atoms with van der Waals surface area (Å²) in [5, 5.41) is 19.0. The lowest BCUT2D eigenvalue weighted by atomic mass is 9.98. The van der Waals surface area contributed by atoms with Crippen molar-refractivity contribution in [3.05, 3.63) is 169 Å². The summed E-state index contributed by atoms with van der Waals surface area (Å²) in [4.78, 5) is 0. The van der Waals surface area contributed by atoms with Crippen LogP contribution < -0.4 is 0 Å². The first kappa shape index (κ1) is 26.6. The minimum atomic E-state index is 0.673. The van der Waals surface area contributed by atoms with Gasteiger partial charge in [-0.15, -0.1) is 0 Å². The van der Waals surface area contributed by atoms with Gasteiger partial charge in [0.2, 0.25) is 0 Å². The average Bonchev–Trinajstić information content (AvgIpc) is 3.68. The van der Waals surface area contributed by atoms with Crippen molar-refractivity contribution < 1.29 is 0 Å². The molecule has 0 aliphatic heterocycles. The van der Waals surface area contributed by atoms with Gasteiger partial charge in [0.25, 0.3) is 0 Å². The molecule has 0 spiro atoms. The second-order valence-corrected chi connectivity index (χ2v) is 12.5. The summed E-state index contributed by atoms with van der Waals surface area (Å²) in [7, 11) is 0. The maximum absolute atomic E-state index is 9.53. The number of para-hydroxylation sites is 5. The molecule has 0 atom stereocenters. The van der Waals surface area contributed by atoms with Gasteiger partial charge in [0.15, 0.2) is 0 Å². The van der Waals surface area contributed by atoms with E-state index in [1.807, 2.05) is 12.1 Å². The van der Waals surface area contributed by atoms with Gasteiger partial charge in [-0.3, -0.25) is 0 Å². The van der Waals surface area contributed by atoms with E-state index < -0.39 is 0 Å². The van der Waals surface area contributed by atoms with Gasteiger partial charge in [-0.05, 0) is 70.1 Å². The highest BCUT2D eigenvalue weighted by Gasteiger charge is 2.21. The molecule has 0 unspecified atom stereocenters. The van der Waals surface area contributed by atoms with E-state index in [1.165, 1.54) is 65.5 Å². The molecule has 0 saturated carbocycles. The van der Waals surface area contributed by atoms with Crippen molar-refractivity contribution in [1.29, 1.82) is 5.26 Å². The molecule has 0 aliphatic rings. The third-order valence-corrected chi connectivity index (χ3v) is 9.90. The monoisotopic (exact) mass is 609 g/mol. The van der Waals surface area contributed by atoms with E-state index >= 15 is 0 Å².